The zero-order valence-corrected chi connectivity index (χ0v) is 17.9. The minimum Gasteiger partial charge on any atom is -0.356 e. The monoisotopic (exact) mass is 419 g/mol. The van der Waals surface area contributed by atoms with E-state index in [1.807, 2.05) is 42.5 Å². The maximum Gasteiger partial charge on any atom is 0.170 e. The second kappa shape index (κ2) is 7.76. The lowest BCUT2D eigenvalue weighted by Crippen LogP contribution is -2.19. The number of alkyl halides is 1. The van der Waals surface area contributed by atoms with Crippen LogP contribution in [0, 0.1) is 11.3 Å². The molecule has 6 heteroatoms. The highest BCUT2D eigenvalue weighted by Gasteiger charge is 2.58. The van der Waals surface area contributed by atoms with Crippen molar-refractivity contribution in [1.82, 2.24) is 9.97 Å². The number of pyridine rings is 1. The van der Waals surface area contributed by atoms with Crippen LogP contribution in [0.5, 0.6) is 0 Å². The highest BCUT2D eigenvalue weighted by atomic mass is 19.1. The number of aldehydes is 1. The van der Waals surface area contributed by atoms with Gasteiger partial charge in [-0.3, -0.25) is 14.6 Å². The number of nitrogens with zero attached hydrogens (tertiary/aromatic N) is 1. The maximum atomic E-state index is 13.0. The van der Waals surface area contributed by atoms with Gasteiger partial charge in [-0.1, -0.05) is 25.1 Å². The first kappa shape index (κ1) is 21.0. The standard InChI is InChI=1S/C21H19N3O.C4H7FO/c1-21-11-15(21)20(25)17-16(12-21)24-18(13-7-9-22-10-8-13)19(17)23-14-5-3-2-4-6-14;1-4(2,5)3-6/h2-10,15,23-24H,11-12H2,1H3;3H,1-2H3/t15-,21+;/m0./s1. The third kappa shape index (κ3) is 4.29. The van der Waals surface area contributed by atoms with Gasteiger partial charge in [0.1, 0.15) is 0 Å². The molecule has 2 atom stereocenters. The number of nitrogens with one attached hydrogen (secondary N) is 2. The van der Waals surface area contributed by atoms with E-state index in [9.17, 15) is 14.0 Å². The molecule has 160 valence electrons. The molecule has 2 heterocycles. The van der Waals surface area contributed by atoms with Crippen LogP contribution in [0.2, 0.25) is 0 Å². The third-order valence-electron chi connectivity index (χ3n) is 5.87. The number of hydrogen-bond acceptors (Lipinski definition) is 4. The van der Waals surface area contributed by atoms with E-state index in [1.165, 1.54) is 13.8 Å². The van der Waals surface area contributed by atoms with Crippen LogP contribution in [-0.2, 0) is 11.2 Å². The molecule has 1 saturated carbocycles. The van der Waals surface area contributed by atoms with E-state index in [1.54, 1.807) is 12.4 Å². The van der Waals surface area contributed by atoms with Crippen molar-refractivity contribution in [1.29, 1.82) is 0 Å². The average molecular weight is 420 g/mol. The van der Waals surface area contributed by atoms with Crippen molar-refractivity contribution in [2.75, 3.05) is 5.32 Å². The number of para-hydroxylation sites is 1. The molecule has 31 heavy (non-hydrogen) atoms. The first-order chi connectivity index (χ1) is 14.7. The van der Waals surface area contributed by atoms with Gasteiger partial charge >= 0.3 is 0 Å². The van der Waals surface area contributed by atoms with Gasteiger partial charge in [0.25, 0.3) is 0 Å². The molecule has 0 aliphatic heterocycles. The zero-order valence-electron chi connectivity index (χ0n) is 17.9. The summed E-state index contributed by atoms with van der Waals surface area (Å²) in [5.74, 6) is 0.455. The Kier molecular flexibility index (Phi) is 5.25. The molecule has 2 aliphatic carbocycles. The molecule has 5 nitrogen and oxygen atoms in total. The van der Waals surface area contributed by atoms with Gasteiger partial charge < -0.3 is 10.3 Å². The predicted octanol–water partition coefficient (Wildman–Crippen LogP) is 5.52. The Morgan fingerprint density at radius 2 is 1.84 bits per heavy atom. The van der Waals surface area contributed by atoms with E-state index in [2.05, 4.69) is 22.2 Å². The second-order valence-corrected chi connectivity index (χ2v) is 9.09. The van der Waals surface area contributed by atoms with Gasteiger partial charge in [-0.15, -0.1) is 0 Å². The smallest absolute Gasteiger partial charge is 0.170 e. The maximum absolute atomic E-state index is 13.0. The number of halogens is 1. The lowest BCUT2D eigenvalue weighted by molar-refractivity contribution is -0.115. The number of Topliss-reactive ketones (excluding diaryl/α,β-unsaturated/α-hetero) is 1. The van der Waals surface area contributed by atoms with Crippen molar-refractivity contribution >= 4 is 23.4 Å². The van der Waals surface area contributed by atoms with Crippen LogP contribution < -0.4 is 5.32 Å². The van der Waals surface area contributed by atoms with Crippen LogP contribution in [0.1, 0.15) is 43.2 Å². The Morgan fingerprint density at radius 1 is 1.19 bits per heavy atom. The van der Waals surface area contributed by atoms with Crippen LogP contribution in [0.25, 0.3) is 11.3 Å². The van der Waals surface area contributed by atoms with Crippen LogP contribution in [0.4, 0.5) is 15.8 Å². The van der Waals surface area contributed by atoms with Gasteiger partial charge in [-0.25, -0.2) is 4.39 Å². The molecule has 5 rings (SSSR count). The fourth-order valence-electron chi connectivity index (χ4n) is 4.07. The van der Waals surface area contributed by atoms with E-state index < -0.39 is 5.67 Å². The van der Waals surface area contributed by atoms with Crippen molar-refractivity contribution in [3.63, 3.8) is 0 Å². The summed E-state index contributed by atoms with van der Waals surface area (Å²) in [5.41, 5.74) is 4.29. The van der Waals surface area contributed by atoms with E-state index >= 15 is 0 Å². The van der Waals surface area contributed by atoms with Gasteiger partial charge in [0, 0.05) is 35.3 Å². The van der Waals surface area contributed by atoms with Crippen LogP contribution in [0.15, 0.2) is 54.9 Å². The van der Waals surface area contributed by atoms with E-state index in [4.69, 9.17) is 0 Å². The molecule has 0 saturated heterocycles. The number of carbonyl (C=O) groups excluding carboxylic acids is 2. The highest BCUT2D eigenvalue weighted by molar-refractivity contribution is 6.10. The minimum absolute atomic E-state index is 0.147. The van der Waals surface area contributed by atoms with Crippen molar-refractivity contribution in [3.05, 3.63) is 66.1 Å². The van der Waals surface area contributed by atoms with E-state index in [0.717, 1.165) is 46.7 Å². The molecule has 0 spiro atoms. The molecular weight excluding hydrogens is 393 g/mol. The Hall–Kier alpha value is -3.28. The number of fused-ring (bicyclic) bond motifs is 2. The first-order valence-electron chi connectivity index (χ1n) is 10.4. The summed E-state index contributed by atoms with van der Waals surface area (Å²) < 4.78 is 11.8. The number of aromatic nitrogens is 2. The van der Waals surface area contributed by atoms with Crippen molar-refractivity contribution in [2.24, 2.45) is 11.3 Å². The lowest BCUT2D eigenvalue weighted by Gasteiger charge is -2.18. The van der Waals surface area contributed by atoms with E-state index in [0.29, 0.717) is 0 Å². The van der Waals surface area contributed by atoms with Crippen molar-refractivity contribution in [3.8, 4) is 11.3 Å². The van der Waals surface area contributed by atoms with Crippen molar-refractivity contribution < 1.29 is 14.0 Å². The molecule has 2 aliphatic rings. The van der Waals surface area contributed by atoms with Gasteiger partial charge in [-0.05, 0) is 56.4 Å². The summed E-state index contributed by atoms with van der Waals surface area (Å²) in [7, 11) is 0. The first-order valence-corrected chi connectivity index (χ1v) is 10.4. The number of rotatable bonds is 4. The van der Waals surface area contributed by atoms with Crippen LogP contribution >= 0.6 is 0 Å². The molecular formula is C25H26FN3O2. The lowest BCUT2D eigenvalue weighted by atomic mass is 9.87. The highest BCUT2D eigenvalue weighted by Crippen LogP contribution is 2.60. The number of aromatic amines is 1. The number of hydrogen-bond donors (Lipinski definition) is 2. The van der Waals surface area contributed by atoms with Gasteiger partial charge in [-0.2, -0.15) is 0 Å². The molecule has 2 aromatic heterocycles. The molecule has 0 amide bonds. The Balaban J connectivity index is 0.000000342. The Morgan fingerprint density at radius 3 is 2.45 bits per heavy atom. The molecule has 0 unspecified atom stereocenters. The summed E-state index contributed by atoms with van der Waals surface area (Å²) in [4.78, 5) is 30.1. The number of anilines is 2. The number of carbonyl (C=O) groups is 2. The average Bonchev–Trinajstić information content (AvgIpc) is 3.32. The van der Waals surface area contributed by atoms with Crippen LogP contribution in [0.3, 0.4) is 0 Å². The van der Waals surface area contributed by atoms with Gasteiger partial charge in [0.15, 0.2) is 17.7 Å². The summed E-state index contributed by atoms with van der Waals surface area (Å²) in [5, 5.41) is 3.49. The summed E-state index contributed by atoms with van der Waals surface area (Å²) in [6, 6.07) is 14.0. The Labute approximate surface area is 181 Å². The van der Waals surface area contributed by atoms with Gasteiger partial charge in [0.05, 0.1) is 16.9 Å². The molecule has 2 N–H and O–H groups in total. The minimum atomic E-state index is -1.64. The number of benzene rings is 1. The zero-order chi connectivity index (χ0) is 22.2. The Bertz CT molecular complexity index is 1100. The summed E-state index contributed by atoms with van der Waals surface area (Å²) in [6.45, 7) is 4.63. The largest absolute Gasteiger partial charge is 0.356 e. The molecule has 1 aromatic carbocycles. The molecule has 0 bridgehead atoms. The molecule has 1 fully saturated rings. The second-order valence-electron chi connectivity index (χ2n) is 9.09. The quantitative estimate of drug-likeness (QED) is 0.546. The van der Waals surface area contributed by atoms with Gasteiger partial charge in [0.2, 0.25) is 0 Å². The SMILES string of the molecule is CC(C)(F)C=O.C[C@@]12Cc3[nH]c(-c4ccncc4)c(Nc4ccccc4)c3C(=O)[C@@H]1C2. The molecule has 0 radical (unpaired) electrons. The fourth-order valence-corrected chi connectivity index (χ4v) is 4.07. The number of ketones is 1. The topological polar surface area (TPSA) is 74.8 Å². The van der Waals surface area contributed by atoms with Crippen molar-refractivity contribution in [2.45, 2.75) is 39.3 Å². The normalized spacial score (nSPS) is 21.3. The third-order valence-corrected chi connectivity index (χ3v) is 5.87. The van der Waals surface area contributed by atoms with Crippen LogP contribution in [-0.4, -0.2) is 27.7 Å². The fraction of sp³-hybridized carbons (Fsp3) is 0.320. The number of H-pyrrole nitrogens is 1. The summed E-state index contributed by atoms with van der Waals surface area (Å²) >= 11 is 0. The summed E-state index contributed by atoms with van der Waals surface area (Å²) in [6.07, 6.45) is 5.77. The van der Waals surface area contributed by atoms with E-state index in [-0.39, 0.29) is 23.4 Å². The molecule has 3 aromatic rings. The predicted molar refractivity (Wildman–Crippen MR) is 119 cm³/mol.